The van der Waals surface area contributed by atoms with Crippen molar-refractivity contribution in [2.24, 2.45) is 5.73 Å². The fourth-order valence-electron chi connectivity index (χ4n) is 2.22. The topological polar surface area (TPSA) is 35.2 Å². The van der Waals surface area contributed by atoms with Crippen LogP contribution in [0.15, 0.2) is 30.3 Å². The summed E-state index contributed by atoms with van der Waals surface area (Å²) >= 11 is 0. The standard InChI is InChI=1S/C17H20FNO/c1-11-6-12(2)13(3)17(7-11)20-16-9-14(4-5-19)8-15(18)10-16/h6-10H,4-5,19H2,1-3H3. The molecule has 2 N–H and O–H groups in total. The maximum atomic E-state index is 13.6. The second-order valence-corrected chi connectivity index (χ2v) is 5.14. The minimum absolute atomic E-state index is 0.298. The van der Waals surface area contributed by atoms with Crippen LogP contribution in [0, 0.1) is 26.6 Å². The van der Waals surface area contributed by atoms with E-state index in [0.717, 1.165) is 22.4 Å². The zero-order valence-corrected chi connectivity index (χ0v) is 12.2. The summed E-state index contributed by atoms with van der Waals surface area (Å²) in [6, 6.07) is 8.81. The third-order valence-electron chi connectivity index (χ3n) is 3.36. The van der Waals surface area contributed by atoms with Gasteiger partial charge in [-0.15, -0.1) is 0 Å². The van der Waals surface area contributed by atoms with Gasteiger partial charge in [0.2, 0.25) is 0 Å². The molecule has 0 radical (unpaired) electrons. The minimum Gasteiger partial charge on any atom is -0.457 e. The Morgan fingerprint density at radius 2 is 1.80 bits per heavy atom. The van der Waals surface area contributed by atoms with Gasteiger partial charge in [0.25, 0.3) is 0 Å². The summed E-state index contributed by atoms with van der Waals surface area (Å²) in [4.78, 5) is 0. The second-order valence-electron chi connectivity index (χ2n) is 5.14. The molecule has 3 heteroatoms. The molecular weight excluding hydrogens is 253 g/mol. The van der Waals surface area contributed by atoms with Crippen LogP contribution in [0.2, 0.25) is 0 Å². The van der Waals surface area contributed by atoms with Crippen molar-refractivity contribution in [1.82, 2.24) is 0 Å². The average Bonchev–Trinajstić information content (AvgIpc) is 2.35. The highest BCUT2D eigenvalue weighted by Crippen LogP contribution is 2.29. The molecule has 0 aromatic heterocycles. The predicted octanol–water partition coefficient (Wildman–Crippen LogP) is 4.04. The van der Waals surface area contributed by atoms with Crippen LogP contribution in [-0.2, 0) is 6.42 Å². The zero-order chi connectivity index (χ0) is 14.7. The monoisotopic (exact) mass is 273 g/mol. The Balaban J connectivity index is 2.34. The van der Waals surface area contributed by atoms with Crippen LogP contribution < -0.4 is 10.5 Å². The molecule has 0 heterocycles. The van der Waals surface area contributed by atoms with Gasteiger partial charge in [-0.2, -0.15) is 0 Å². The highest BCUT2D eigenvalue weighted by Gasteiger charge is 2.07. The molecule has 0 aliphatic rings. The molecule has 0 unspecified atom stereocenters. The lowest BCUT2D eigenvalue weighted by atomic mass is 10.1. The average molecular weight is 273 g/mol. The van der Waals surface area contributed by atoms with E-state index in [1.165, 1.54) is 17.7 Å². The number of aryl methyl sites for hydroxylation is 2. The van der Waals surface area contributed by atoms with E-state index in [2.05, 4.69) is 6.07 Å². The molecule has 0 fully saturated rings. The first-order chi connectivity index (χ1) is 9.49. The summed E-state index contributed by atoms with van der Waals surface area (Å²) in [5.41, 5.74) is 9.73. The number of hydrogen-bond acceptors (Lipinski definition) is 2. The first kappa shape index (κ1) is 14.5. The molecule has 0 bridgehead atoms. The summed E-state index contributed by atoms with van der Waals surface area (Å²) in [5.74, 6) is 0.987. The highest BCUT2D eigenvalue weighted by molar-refractivity contribution is 5.45. The zero-order valence-electron chi connectivity index (χ0n) is 12.2. The van der Waals surface area contributed by atoms with E-state index in [0.29, 0.717) is 18.7 Å². The van der Waals surface area contributed by atoms with Crippen molar-refractivity contribution in [1.29, 1.82) is 0 Å². The summed E-state index contributed by atoms with van der Waals surface area (Å²) in [5, 5.41) is 0. The van der Waals surface area contributed by atoms with Crippen LogP contribution in [0.4, 0.5) is 4.39 Å². The van der Waals surface area contributed by atoms with Gasteiger partial charge in [0.15, 0.2) is 0 Å². The molecule has 0 amide bonds. The predicted molar refractivity (Wildman–Crippen MR) is 79.9 cm³/mol. The molecule has 0 aliphatic heterocycles. The molecule has 0 atom stereocenters. The Labute approximate surface area is 119 Å². The summed E-state index contributed by atoms with van der Waals surface area (Å²) < 4.78 is 19.4. The molecule has 2 nitrogen and oxygen atoms in total. The molecule has 2 aromatic rings. The minimum atomic E-state index is -0.298. The lowest BCUT2D eigenvalue weighted by Crippen LogP contribution is -2.03. The first-order valence-electron chi connectivity index (χ1n) is 6.75. The SMILES string of the molecule is Cc1cc(C)c(C)c(Oc2cc(F)cc(CCN)c2)c1. The number of hydrogen-bond donors (Lipinski definition) is 1. The number of ether oxygens (including phenoxy) is 1. The van der Waals surface area contributed by atoms with Crippen LogP contribution >= 0.6 is 0 Å². The van der Waals surface area contributed by atoms with Crippen molar-refractivity contribution in [3.8, 4) is 11.5 Å². The van der Waals surface area contributed by atoms with E-state index in [1.54, 1.807) is 0 Å². The van der Waals surface area contributed by atoms with Gasteiger partial charge in [0.05, 0.1) is 0 Å². The fourth-order valence-corrected chi connectivity index (χ4v) is 2.22. The number of halogens is 1. The molecular formula is C17H20FNO. The molecule has 106 valence electrons. The first-order valence-corrected chi connectivity index (χ1v) is 6.75. The Bertz CT molecular complexity index is 623. The summed E-state index contributed by atoms with van der Waals surface area (Å²) in [6.45, 7) is 6.56. The Hall–Kier alpha value is -1.87. The Morgan fingerprint density at radius 3 is 2.50 bits per heavy atom. The maximum Gasteiger partial charge on any atom is 0.130 e. The van der Waals surface area contributed by atoms with Crippen molar-refractivity contribution in [2.75, 3.05) is 6.54 Å². The van der Waals surface area contributed by atoms with Crippen molar-refractivity contribution in [2.45, 2.75) is 27.2 Å². The maximum absolute atomic E-state index is 13.6. The summed E-state index contributed by atoms with van der Waals surface area (Å²) in [7, 11) is 0. The van der Waals surface area contributed by atoms with Gasteiger partial charge in [-0.25, -0.2) is 4.39 Å². The van der Waals surface area contributed by atoms with Crippen LogP contribution in [0.5, 0.6) is 11.5 Å². The third kappa shape index (κ3) is 3.36. The quantitative estimate of drug-likeness (QED) is 0.912. The third-order valence-corrected chi connectivity index (χ3v) is 3.36. The van der Waals surface area contributed by atoms with Gasteiger partial charge in [-0.1, -0.05) is 6.07 Å². The fraction of sp³-hybridized carbons (Fsp3) is 0.294. The van der Waals surface area contributed by atoms with E-state index < -0.39 is 0 Å². The smallest absolute Gasteiger partial charge is 0.130 e. The number of benzene rings is 2. The lowest BCUT2D eigenvalue weighted by Gasteiger charge is -2.13. The van der Waals surface area contributed by atoms with Gasteiger partial charge in [0, 0.05) is 6.07 Å². The van der Waals surface area contributed by atoms with Crippen LogP contribution in [0.3, 0.4) is 0 Å². The van der Waals surface area contributed by atoms with Crippen molar-refractivity contribution in [3.63, 3.8) is 0 Å². The van der Waals surface area contributed by atoms with E-state index in [1.807, 2.05) is 32.9 Å². The lowest BCUT2D eigenvalue weighted by molar-refractivity contribution is 0.471. The molecule has 0 spiro atoms. The van der Waals surface area contributed by atoms with Gasteiger partial charge in [-0.3, -0.25) is 0 Å². The molecule has 0 saturated carbocycles. The van der Waals surface area contributed by atoms with Crippen molar-refractivity contribution >= 4 is 0 Å². The van der Waals surface area contributed by atoms with Gasteiger partial charge in [-0.05, 0) is 74.2 Å². The highest BCUT2D eigenvalue weighted by atomic mass is 19.1. The van der Waals surface area contributed by atoms with Crippen molar-refractivity contribution in [3.05, 3.63) is 58.4 Å². The number of nitrogens with two attached hydrogens (primary N) is 1. The molecule has 20 heavy (non-hydrogen) atoms. The normalized spacial score (nSPS) is 10.7. The van der Waals surface area contributed by atoms with E-state index in [9.17, 15) is 4.39 Å². The van der Waals surface area contributed by atoms with Crippen LogP contribution in [0.25, 0.3) is 0 Å². The molecule has 2 rings (SSSR count). The van der Waals surface area contributed by atoms with E-state index in [-0.39, 0.29) is 5.82 Å². The molecule has 0 saturated heterocycles. The van der Waals surface area contributed by atoms with E-state index >= 15 is 0 Å². The molecule has 2 aromatic carbocycles. The molecule has 0 aliphatic carbocycles. The Morgan fingerprint density at radius 1 is 1.05 bits per heavy atom. The van der Waals surface area contributed by atoms with Gasteiger partial charge >= 0.3 is 0 Å². The van der Waals surface area contributed by atoms with Crippen LogP contribution in [-0.4, -0.2) is 6.54 Å². The number of rotatable bonds is 4. The van der Waals surface area contributed by atoms with E-state index in [4.69, 9.17) is 10.5 Å². The van der Waals surface area contributed by atoms with Crippen molar-refractivity contribution < 1.29 is 9.13 Å². The van der Waals surface area contributed by atoms with Gasteiger partial charge < -0.3 is 10.5 Å². The summed E-state index contributed by atoms with van der Waals surface area (Å²) in [6.07, 6.45) is 0.639. The second kappa shape index (κ2) is 6.06. The van der Waals surface area contributed by atoms with Crippen LogP contribution in [0.1, 0.15) is 22.3 Å². The Kier molecular flexibility index (Phi) is 4.40. The van der Waals surface area contributed by atoms with Gasteiger partial charge in [0.1, 0.15) is 17.3 Å². The largest absolute Gasteiger partial charge is 0.457 e.